The second-order valence-corrected chi connectivity index (χ2v) is 4.77. The quantitative estimate of drug-likeness (QED) is 0.740. The Bertz CT molecular complexity index is 389. The van der Waals surface area contributed by atoms with Crippen LogP contribution in [0.5, 0.6) is 0 Å². The van der Waals surface area contributed by atoms with Gasteiger partial charge in [-0.05, 0) is 37.6 Å². The van der Waals surface area contributed by atoms with Crippen molar-refractivity contribution in [2.24, 2.45) is 0 Å². The van der Waals surface area contributed by atoms with Gasteiger partial charge in [-0.1, -0.05) is 26.0 Å². The monoisotopic (exact) mass is 263 g/mol. The van der Waals surface area contributed by atoms with Gasteiger partial charge in [-0.2, -0.15) is 0 Å². The molecule has 4 nitrogen and oxygen atoms in total. The number of hydrogen-bond donors (Lipinski definition) is 2. The third kappa shape index (κ3) is 4.91. The summed E-state index contributed by atoms with van der Waals surface area (Å²) in [5.41, 5.74) is 7.61. The molecular weight excluding hydrogens is 238 g/mol. The van der Waals surface area contributed by atoms with Gasteiger partial charge in [0.25, 0.3) is 0 Å². The van der Waals surface area contributed by atoms with Crippen LogP contribution >= 0.6 is 0 Å². The predicted molar refractivity (Wildman–Crippen MR) is 79.7 cm³/mol. The molecule has 1 aromatic carbocycles. The molecule has 3 N–H and O–H groups in total. The van der Waals surface area contributed by atoms with Crippen LogP contribution in [0.3, 0.4) is 0 Å². The highest BCUT2D eigenvalue weighted by molar-refractivity contribution is 5.81. The van der Waals surface area contributed by atoms with Crippen molar-refractivity contribution in [3.63, 3.8) is 0 Å². The molecule has 1 unspecified atom stereocenters. The second-order valence-electron chi connectivity index (χ2n) is 4.77. The van der Waals surface area contributed by atoms with Gasteiger partial charge in [0.1, 0.15) is 0 Å². The Hall–Kier alpha value is -1.55. The fraction of sp³-hybridized carbons (Fsp3) is 0.533. The molecule has 0 saturated heterocycles. The number of nitrogens with zero attached hydrogens (tertiary/aromatic N) is 1. The van der Waals surface area contributed by atoms with E-state index in [1.54, 1.807) is 0 Å². The van der Waals surface area contributed by atoms with Gasteiger partial charge < -0.3 is 11.1 Å². The largest absolute Gasteiger partial charge is 0.399 e. The van der Waals surface area contributed by atoms with E-state index in [4.69, 9.17) is 5.73 Å². The number of nitrogens with two attached hydrogens (primary N) is 1. The number of amides is 1. The number of likely N-dealkylation sites (N-methyl/N-ethyl adjacent to an activating group) is 1. The number of carbonyl (C=O) groups is 1. The third-order valence-corrected chi connectivity index (χ3v) is 3.25. The maximum Gasteiger partial charge on any atom is 0.237 e. The Morgan fingerprint density at radius 1 is 1.32 bits per heavy atom. The summed E-state index contributed by atoms with van der Waals surface area (Å²) in [6.45, 7) is 8.41. The van der Waals surface area contributed by atoms with E-state index >= 15 is 0 Å². The zero-order valence-electron chi connectivity index (χ0n) is 12.1. The molecule has 0 bridgehead atoms. The Labute approximate surface area is 116 Å². The minimum atomic E-state index is -0.117. The van der Waals surface area contributed by atoms with Crippen molar-refractivity contribution in [2.45, 2.75) is 39.8 Å². The molecule has 0 spiro atoms. The molecule has 1 amide bonds. The lowest BCUT2D eigenvalue weighted by Crippen LogP contribution is -2.44. The van der Waals surface area contributed by atoms with Crippen LogP contribution in [-0.4, -0.2) is 29.9 Å². The molecule has 0 radical (unpaired) electrons. The first-order valence-electron chi connectivity index (χ1n) is 6.94. The smallest absolute Gasteiger partial charge is 0.237 e. The standard InChI is InChI=1S/C15H25N3O/c1-4-10-17-15(19)12(3)18(5-2)11-13-6-8-14(16)9-7-13/h6-9,12H,4-5,10-11,16H2,1-3H3,(H,17,19). The average molecular weight is 263 g/mol. The summed E-state index contributed by atoms with van der Waals surface area (Å²) in [4.78, 5) is 14.1. The van der Waals surface area contributed by atoms with Gasteiger partial charge in [-0.25, -0.2) is 0 Å². The molecular formula is C15H25N3O. The average Bonchev–Trinajstić information content (AvgIpc) is 2.43. The van der Waals surface area contributed by atoms with Crippen molar-refractivity contribution in [1.29, 1.82) is 0 Å². The first kappa shape index (κ1) is 15.5. The lowest BCUT2D eigenvalue weighted by Gasteiger charge is -2.27. The zero-order valence-corrected chi connectivity index (χ0v) is 12.1. The number of anilines is 1. The molecule has 0 fully saturated rings. The van der Waals surface area contributed by atoms with E-state index in [9.17, 15) is 4.79 Å². The van der Waals surface area contributed by atoms with Gasteiger partial charge in [-0.15, -0.1) is 0 Å². The van der Waals surface area contributed by atoms with Gasteiger partial charge >= 0.3 is 0 Å². The summed E-state index contributed by atoms with van der Waals surface area (Å²) in [5.74, 6) is 0.0964. The number of benzene rings is 1. The zero-order chi connectivity index (χ0) is 14.3. The van der Waals surface area contributed by atoms with E-state index in [1.165, 1.54) is 5.56 Å². The highest BCUT2D eigenvalue weighted by atomic mass is 16.2. The molecule has 4 heteroatoms. The molecule has 0 aliphatic carbocycles. The van der Waals surface area contributed by atoms with Crippen LogP contribution in [0.1, 0.15) is 32.8 Å². The summed E-state index contributed by atoms with van der Waals surface area (Å²) >= 11 is 0. The van der Waals surface area contributed by atoms with Crippen LogP contribution in [-0.2, 0) is 11.3 Å². The minimum absolute atomic E-state index is 0.0964. The minimum Gasteiger partial charge on any atom is -0.399 e. The topological polar surface area (TPSA) is 58.4 Å². The summed E-state index contributed by atoms with van der Waals surface area (Å²) in [6.07, 6.45) is 0.961. The summed E-state index contributed by atoms with van der Waals surface area (Å²) in [6, 6.07) is 7.69. The first-order chi connectivity index (χ1) is 9.08. The fourth-order valence-electron chi connectivity index (χ4n) is 1.94. The maximum atomic E-state index is 12.0. The molecule has 0 aromatic heterocycles. The predicted octanol–water partition coefficient (Wildman–Crippen LogP) is 2.01. The number of hydrogen-bond acceptors (Lipinski definition) is 3. The Kier molecular flexibility index (Phi) is 6.36. The third-order valence-electron chi connectivity index (χ3n) is 3.25. The van der Waals surface area contributed by atoms with Crippen LogP contribution in [0.15, 0.2) is 24.3 Å². The van der Waals surface area contributed by atoms with Gasteiger partial charge in [-0.3, -0.25) is 9.69 Å². The molecule has 1 atom stereocenters. The van der Waals surface area contributed by atoms with E-state index in [0.29, 0.717) is 0 Å². The van der Waals surface area contributed by atoms with Crippen LogP contribution in [0.2, 0.25) is 0 Å². The van der Waals surface area contributed by atoms with E-state index in [2.05, 4.69) is 24.1 Å². The number of nitrogen functional groups attached to an aromatic ring is 1. The van der Waals surface area contributed by atoms with Crippen molar-refractivity contribution in [1.82, 2.24) is 10.2 Å². The molecule has 1 rings (SSSR count). The second kappa shape index (κ2) is 7.79. The number of rotatable bonds is 7. The molecule has 19 heavy (non-hydrogen) atoms. The van der Waals surface area contributed by atoms with Crippen molar-refractivity contribution in [3.05, 3.63) is 29.8 Å². The van der Waals surface area contributed by atoms with Gasteiger partial charge in [0.15, 0.2) is 0 Å². The van der Waals surface area contributed by atoms with Gasteiger partial charge in [0, 0.05) is 18.8 Å². The summed E-state index contributed by atoms with van der Waals surface area (Å²) in [7, 11) is 0. The van der Waals surface area contributed by atoms with Gasteiger partial charge in [0.05, 0.1) is 6.04 Å². The molecule has 0 saturated carbocycles. The Balaban J connectivity index is 2.61. The van der Waals surface area contributed by atoms with E-state index in [0.717, 1.165) is 31.7 Å². The highest BCUT2D eigenvalue weighted by Crippen LogP contribution is 2.11. The van der Waals surface area contributed by atoms with E-state index in [-0.39, 0.29) is 11.9 Å². The first-order valence-corrected chi connectivity index (χ1v) is 6.94. The fourth-order valence-corrected chi connectivity index (χ4v) is 1.94. The van der Waals surface area contributed by atoms with Crippen LogP contribution in [0.25, 0.3) is 0 Å². The molecule has 1 aromatic rings. The normalized spacial score (nSPS) is 12.4. The molecule has 0 heterocycles. The van der Waals surface area contributed by atoms with Gasteiger partial charge in [0.2, 0.25) is 5.91 Å². The highest BCUT2D eigenvalue weighted by Gasteiger charge is 2.19. The van der Waals surface area contributed by atoms with Crippen molar-refractivity contribution >= 4 is 11.6 Å². The van der Waals surface area contributed by atoms with Crippen molar-refractivity contribution in [2.75, 3.05) is 18.8 Å². The van der Waals surface area contributed by atoms with Crippen LogP contribution < -0.4 is 11.1 Å². The number of nitrogens with one attached hydrogen (secondary N) is 1. The molecule has 0 aliphatic rings. The van der Waals surface area contributed by atoms with Crippen LogP contribution in [0.4, 0.5) is 5.69 Å². The Morgan fingerprint density at radius 2 is 1.95 bits per heavy atom. The molecule has 106 valence electrons. The maximum absolute atomic E-state index is 12.0. The number of carbonyl (C=O) groups excluding carboxylic acids is 1. The molecule has 0 aliphatic heterocycles. The Morgan fingerprint density at radius 3 is 2.47 bits per heavy atom. The van der Waals surface area contributed by atoms with Crippen LogP contribution in [0, 0.1) is 0 Å². The summed E-state index contributed by atoms with van der Waals surface area (Å²) in [5, 5.41) is 2.94. The van der Waals surface area contributed by atoms with E-state index in [1.807, 2.05) is 31.2 Å². The summed E-state index contributed by atoms with van der Waals surface area (Å²) < 4.78 is 0. The van der Waals surface area contributed by atoms with Crippen molar-refractivity contribution in [3.8, 4) is 0 Å². The van der Waals surface area contributed by atoms with Crippen molar-refractivity contribution < 1.29 is 4.79 Å². The van der Waals surface area contributed by atoms with E-state index < -0.39 is 0 Å². The lowest BCUT2D eigenvalue weighted by atomic mass is 10.1. The lowest BCUT2D eigenvalue weighted by molar-refractivity contribution is -0.126. The SMILES string of the molecule is CCCNC(=O)C(C)N(CC)Cc1ccc(N)cc1.